The normalized spacial score (nSPS) is 17.9. The molecule has 0 unspecified atom stereocenters. The number of hydrogen-bond donors (Lipinski definition) is 0. The van der Waals surface area contributed by atoms with Crippen molar-refractivity contribution in [3.63, 3.8) is 0 Å². The number of benzene rings is 1. The van der Waals surface area contributed by atoms with Gasteiger partial charge in [-0.2, -0.15) is 4.99 Å². The molecule has 0 saturated carbocycles. The van der Waals surface area contributed by atoms with Gasteiger partial charge in [0, 0.05) is 18.1 Å². The summed E-state index contributed by atoms with van der Waals surface area (Å²) in [7, 11) is 1.63. The van der Waals surface area contributed by atoms with E-state index in [1.54, 1.807) is 24.3 Å². The molecule has 0 spiro atoms. The minimum atomic E-state index is -0.0616. The molecular weight excluding hydrogens is 354 g/mol. The third-order valence-electron chi connectivity index (χ3n) is 3.65. The number of rotatable bonds is 5. The molecule has 2 aromatic rings. The van der Waals surface area contributed by atoms with Crippen molar-refractivity contribution >= 4 is 44.9 Å². The Balaban J connectivity index is 1.98. The van der Waals surface area contributed by atoms with Gasteiger partial charge in [0.1, 0.15) is 5.75 Å². The topological polar surface area (TPSA) is 54.8 Å². The molecule has 0 radical (unpaired) electrons. The average molecular weight is 371 g/mol. The van der Waals surface area contributed by atoms with Gasteiger partial charge >= 0.3 is 0 Å². The Morgan fingerprint density at radius 3 is 2.76 bits per heavy atom. The number of aromatic nitrogens is 1. The summed E-state index contributed by atoms with van der Waals surface area (Å²) in [6.45, 7) is 6.09. The fourth-order valence-corrected chi connectivity index (χ4v) is 3.95. The van der Waals surface area contributed by atoms with Crippen molar-refractivity contribution in [3.05, 3.63) is 59.0 Å². The highest BCUT2D eigenvalue weighted by molar-refractivity contribution is 8.18. The lowest BCUT2D eigenvalue weighted by molar-refractivity contribution is -0.121. The Morgan fingerprint density at radius 1 is 1.40 bits per heavy atom. The molecule has 0 bridgehead atoms. The Bertz CT molecular complexity index is 840. The van der Waals surface area contributed by atoms with Crippen molar-refractivity contribution < 1.29 is 9.53 Å². The number of hydrogen-bond acceptors (Lipinski definition) is 6. The molecule has 1 aliphatic rings. The van der Waals surface area contributed by atoms with Gasteiger partial charge in [0.15, 0.2) is 5.17 Å². The van der Waals surface area contributed by atoms with Crippen LogP contribution in [0.15, 0.2) is 58.4 Å². The van der Waals surface area contributed by atoms with E-state index in [1.807, 2.05) is 36.6 Å². The van der Waals surface area contributed by atoms with Gasteiger partial charge in [-0.1, -0.05) is 18.2 Å². The van der Waals surface area contributed by atoms with E-state index in [2.05, 4.69) is 16.6 Å². The minimum absolute atomic E-state index is 0.0616. The molecule has 0 N–H and O–H groups in total. The lowest BCUT2D eigenvalue weighted by Gasteiger charge is -2.12. The quantitative estimate of drug-likeness (QED) is 0.580. The Labute approximate surface area is 154 Å². The maximum absolute atomic E-state index is 12.8. The Hall–Kier alpha value is -2.38. The number of allylic oxidation sites excluding steroid dienone is 1. The largest absolute Gasteiger partial charge is 0.497 e. The van der Waals surface area contributed by atoms with Crippen LogP contribution in [0.5, 0.6) is 5.75 Å². The molecule has 1 aromatic heterocycles. The second kappa shape index (κ2) is 7.67. The summed E-state index contributed by atoms with van der Waals surface area (Å²) in [5, 5.41) is 3.12. The van der Waals surface area contributed by atoms with Crippen molar-refractivity contribution in [2.24, 2.45) is 4.99 Å². The summed E-state index contributed by atoms with van der Waals surface area (Å²) in [4.78, 5) is 23.8. The third kappa shape index (κ3) is 3.67. The van der Waals surface area contributed by atoms with Crippen LogP contribution in [0.4, 0.5) is 5.13 Å². The van der Waals surface area contributed by atoms with Crippen LogP contribution in [0.1, 0.15) is 12.5 Å². The molecule has 1 saturated heterocycles. The summed E-state index contributed by atoms with van der Waals surface area (Å²) < 4.78 is 5.19. The monoisotopic (exact) mass is 371 g/mol. The van der Waals surface area contributed by atoms with E-state index in [0.29, 0.717) is 21.7 Å². The van der Waals surface area contributed by atoms with E-state index in [-0.39, 0.29) is 5.91 Å². The predicted molar refractivity (Wildman–Crippen MR) is 104 cm³/mol. The van der Waals surface area contributed by atoms with Gasteiger partial charge in [-0.25, -0.2) is 4.98 Å². The number of methoxy groups -OCH3 is 1. The summed E-state index contributed by atoms with van der Waals surface area (Å²) in [6, 6.07) is 7.66. The first kappa shape index (κ1) is 17.4. The van der Waals surface area contributed by atoms with Crippen molar-refractivity contribution in [2.75, 3.05) is 13.7 Å². The lowest BCUT2D eigenvalue weighted by Crippen LogP contribution is -2.29. The first-order valence-corrected chi connectivity index (χ1v) is 9.27. The number of amidine groups is 1. The molecule has 1 fully saturated rings. The molecule has 1 amide bonds. The number of thioether (sulfide) groups is 1. The molecule has 1 aromatic carbocycles. The third-order valence-corrected chi connectivity index (χ3v) is 5.49. The zero-order chi connectivity index (χ0) is 17.8. The van der Waals surface area contributed by atoms with Gasteiger partial charge in [0.25, 0.3) is 5.91 Å². The molecule has 0 atom stereocenters. The smallest absolute Gasteiger partial charge is 0.267 e. The minimum Gasteiger partial charge on any atom is -0.497 e. The maximum Gasteiger partial charge on any atom is 0.267 e. The van der Waals surface area contributed by atoms with Crippen molar-refractivity contribution in [3.8, 4) is 5.75 Å². The number of ether oxygens (including phenoxy) is 1. The Kier molecular flexibility index (Phi) is 5.35. The van der Waals surface area contributed by atoms with E-state index in [4.69, 9.17) is 4.74 Å². The van der Waals surface area contributed by atoms with Crippen LogP contribution in [0.25, 0.3) is 5.57 Å². The first-order chi connectivity index (χ1) is 12.1. The van der Waals surface area contributed by atoms with Crippen LogP contribution in [0, 0.1) is 0 Å². The standard InChI is InChI=1S/C18H17N3O2S2/c1-4-10-21-16(22)15(25-18(21)20-17-19-9-11-24-17)12(2)13-5-7-14(23-3)8-6-13/h4-9,11H,1,10H2,2-3H3/b15-12-,20-18+. The summed E-state index contributed by atoms with van der Waals surface area (Å²) in [5.74, 6) is 0.722. The fourth-order valence-electron chi connectivity index (χ4n) is 2.33. The van der Waals surface area contributed by atoms with Gasteiger partial charge < -0.3 is 4.74 Å². The predicted octanol–water partition coefficient (Wildman–Crippen LogP) is 4.33. The molecule has 25 heavy (non-hydrogen) atoms. The van der Waals surface area contributed by atoms with Gasteiger partial charge in [0.2, 0.25) is 5.13 Å². The molecule has 3 rings (SSSR count). The van der Waals surface area contributed by atoms with Gasteiger partial charge in [-0.05, 0) is 42.0 Å². The number of carbonyl (C=O) groups excluding carboxylic acids is 1. The van der Waals surface area contributed by atoms with Crippen LogP contribution in [-0.4, -0.2) is 34.6 Å². The van der Waals surface area contributed by atoms with Gasteiger partial charge in [-0.3, -0.25) is 9.69 Å². The highest BCUT2D eigenvalue weighted by Gasteiger charge is 2.34. The van der Waals surface area contributed by atoms with Crippen LogP contribution in [0.2, 0.25) is 0 Å². The molecule has 7 heteroatoms. The molecular formula is C18H17N3O2S2. The van der Waals surface area contributed by atoms with Crippen molar-refractivity contribution in [2.45, 2.75) is 6.92 Å². The van der Waals surface area contributed by atoms with Gasteiger partial charge in [-0.15, -0.1) is 17.9 Å². The van der Waals surface area contributed by atoms with Crippen LogP contribution in [0.3, 0.4) is 0 Å². The number of amides is 1. The number of nitrogens with zero attached hydrogens (tertiary/aromatic N) is 3. The molecule has 128 valence electrons. The van der Waals surface area contributed by atoms with Crippen molar-refractivity contribution in [1.29, 1.82) is 0 Å². The Morgan fingerprint density at radius 2 is 2.16 bits per heavy atom. The molecule has 5 nitrogen and oxygen atoms in total. The summed E-state index contributed by atoms with van der Waals surface area (Å²) in [6.07, 6.45) is 3.39. The zero-order valence-electron chi connectivity index (χ0n) is 13.9. The van der Waals surface area contributed by atoms with Crippen LogP contribution < -0.4 is 4.74 Å². The van der Waals surface area contributed by atoms with E-state index in [9.17, 15) is 4.79 Å². The lowest BCUT2D eigenvalue weighted by atomic mass is 10.1. The van der Waals surface area contributed by atoms with E-state index in [1.165, 1.54) is 23.1 Å². The van der Waals surface area contributed by atoms with E-state index >= 15 is 0 Å². The fraction of sp³-hybridized carbons (Fsp3) is 0.167. The summed E-state index contributed by atoms with van der Waals surface area (Å²) in [5.41, 5.74) is 1.89. The molecule has 1 aliphatic heterocycles. The first-order valence-electron chi connectivity index (χ1n) is 7.58. The highest BCUT2D eigenvalue weighted by atomic mass is 32.2. The molecule has 0 aliphatic carbocycles. The zero-order valence-corrected chi connectivity index (χ0v) is 15.6. The SMILES string of the molecule is C=CCN1C(=O)/C(=C(\C)c2ccc(OC)cc2)S/C1=N/c1nccs1. The van der Waals surface area contributed by atoms with Crippen LogP contribution in [-0.2, 0) is 4.79 Å². The number of aliphatic imine (C=N–C) groups is 1. The highest BCUT2D eigenvalue weighted by Crippen LogP contribution is 2.38. The number of thiazole rings is 1. The second-order valence-corrected chi connectivity index (χ2v) is 7.05. The maximum atomic E-state index is 12.8. The molecule has 2 heterocycles. The van der Waals surface area contributed by atoms with E-state index in [0.717, 1.165) is 16.9 Å². The average Bonchev–Trinajstić information content (AvgIpc) is 3.25. The van der Waals surface area contributed by atoms with Crippen molar-refractivity contribution in [1.82, 2.24) is 9.88 Å². The number of carbonyl (C=O) groups is 1. The van der Waals surface area contributed by atoms with Crippen LogP contribution >= 0.6 is 23.1 Å². The second-order valence-electron chi connectivity index (χ2n) is 5.20. The van der Waals surface area contributed by atoms with Gasteiger partial charge in [0.05, 0.1) is 12.0 Å². The summed E-state index contributed by atoms with van der Waals surface area (Å²) >= 11 is 2.81. The van der Waals surface area contributed by atoms with E-state index < -0.39 is 0 Å².